The Kier molecular flexibility index (Phi) is 4.76. The average molecular weight is 233 g/mol. The molecular weight excluding hydrogens is 214 g/mol. The van der Waals surface area contributed by atoms with Gasteiger partial charge in [-0.3, -0.25) is 0 Å². The first-order valence-electron chi connectivity index (χ1n) is 5.98. The van der Waals surface area contributed by atoms with E-state index in [1.165, 1.54) is 0 Å². The SMILES string of the molecule is CC.CCOC(=O)c1[nH]c2ccccc2c1C. The van der Waals surface area contributed by atoms with E-state index in [9.17, 15) is 4.79 Å². The summed E-state index contributed by atoms with van der Waals surface area (Å²) in [4.78, 5) is 14.7. The predicted octanol–water partition coefficient (Wildman–Crippen LogP) is 3.68. The van der Waals surface area contributed by atoms with Gasteiger partial charge in [-0.25, -0.2) is 4.79 Å². The molecule has 1 aromatic heterocycles. The maximum Gasteiger partial charge on any atom is 0.355 e. The highest BCUT2D eigenvalue weighted by atomic mass is 16.5. The minimum Gasteiger partial charge on any atom is -0.461 e. The van der Waals surface area contributed by atoms with E-state index in [2.05, 4.69) is 4.98 Å². The number of carbonyl (C=O) groups excluding carboxylic acids is 1. The number of ether oxygens (including phenoxy) is 1. The molecule has 1 heterocycles. The van der Waals surface area contributed by atoms with Gasteiger partial charge in [0.15, 0.2) is 0 Å². The van der Waals surface area contributed by atoms with E-state index < -0.39 is 0 Å². The average Bonchev–Trinajstić information content (AvgIpc) is 2.70. The molecule has 0 aliphatic carbocycles. The number of hydrogen-bond donors (Lipinski definition) is 1. The summed E-state index contributed by atoms with van der Waals surface area (Å²) >= 11 is 0. The smallest absolute Gasteiger partial charge is 0.355 e. The number of para-hydroxylation sites is 1. The number of aromatic nitrogens is 1. The van der Waals surface area contributed by atoms with Crippen molar-refractivity contribution in [3.8, 4) is 0 Å². The van der Waals surface area contributed by atoms with Gasteiger partial charge in [0.05, 0.1) is 6.61 Å². The van der Waals surface area contributed by atoms with Crippen molar-refractivity contribution in [3.05, 3.63) is 35.5 Å². The second-order valence-corrected chi connectivity index (χ2v) is 3.39. The van der Waals surface area contributed by atoms with E-state index in [0.717, 1.165) is 16.5 Å². The molecule has 0 bridgehead atoms. The van der Waals surface area contributed by atoms with Gasteiger partial charge in [-0.05, 0) is 25.5 Å². The van der Waals surface area contributed by atoms with Gasteiger partial charge in [0.1, 0.15) is 5.69 Å². The first-order chi connectivity index (χ1) is 8.24. The van der Waals surface area contributed by atoms with Crippen LogP contribution in [-0.2, 0) is 4.74 Å². The molecule has 2 rings (SSSR count). The van der Waals surface area contributed by atoms with Crippen molar-refractivity contribution >= 4 is 16.9 Å². The molecule has 0 saturated carbocycles. The maximum absolute atomic E-state index is 11.6. The number of aryl methyl sites for hydroxylation is 1. The normalized spacial score (nSPS) is 9.65. The Bertz CT molecular complexity index is 500. The van der Waals surface area contributed by atoms with Crippen LogP contribution in [-0.4, -0.2) is 17.6 Å². The molecule has 1 N–H and O–H groups in total. The van der Waals surface area contributed by atoms with Crippen LogP contribution >= 0.6 is 0 Å². The zero-order valence-electron chi connectivity index (χ0n) is 10.8. The molecule has 0 fully saturated rings. The second-order valence-electron chi connectivity index (χ2n) is 3.39. The number of H-pyrrole nitrogens is 1. The molecule has 1 aromatic carbocycles. The fourth-order valence-corrected chi connectivity index (χ4v) is 1.69. The number of nitrogens with one attached hydrogen (secondary N) is 1. The Morgan fingerprint density at radius 1 is 1.29 bits per heavy atom. The predicted molar refractivity (Wildman–Crippen MR) is 70.3 cm³/mol. The summed E-state index contributed by atoms with van der Waals surface area (Å²) in [6.45, 7) is 8.12. The highest BCUT2D eigenvalue weighted by Crippen LogP contribution is 2.21. The molecule has 0 spiro atoms. The minimum absolute atomic E-state index is 0.286. The summed E-state index contributed by atoms with van der Waals surface area (Å²) in [6, 6.07) is 7.83. The van der Waals surface area contributed by atoms with E-state index in [1.807, 2.05) is 45.0 Å². The first kappa shape index (κ1) is 13.3. The van der Waals surface area contributed by atoms with Crippen molar-refractivity contribution in [2.75, 3.05) is 6.61 Å². The molecule has 0 unspecified atom stereocenters. The zero-order valence-corrected chi connectivity index (χ0v) is 10.8. The Morgan fingerprint density at radius 3 is 2.53 bits per heavy atom. The number of carbonyl (C=O) groups is 1. The summed E-state index contributed by atoms with van der Waals surface area (Å²) in [5.74, 6) is -0.286. The highest BCUT2D eigenvalue weighted by molar-refractivity contribution is 5.98. The third-order valence-corrected chi connectivity index (χ3v) is 2.45. The molecular formula is C14H19NO2. The molecule has 3 heteroatoms. The van der Waals surface area contributed by atoms with E-state index in [1.54, 1.807) is 6.92 Å². The minimum atomic E-state index is -0.286. The quantitative estimate of drug-likeness (QED) is 0.804. The first-order valence-corrected chi connectivity index (χ1v) is 5.98. The molecule has 0 saturated heterocycles. The van der Waals surface area contributed by atoms with Crippen LogP contribution in [0.2, 0.25) is 0 Å². The molecule has 0 radical (unpaired) electrons. The van der Waals surface area contributed by atoms with Crippen molar-refractivity contribution in [1.29, 1.82) is 0 Å². The third kappa shape index (κ3) is 2.67. The Hall–Kier alpha value is -1.77. The maximum atomic E-state index is 11.6. The lowest BCUT2D eigenvalue weighted by molar-refractivity contribution is 0.0520. The lowest BCUT2D eigenvalue weighted by Crippen LogP contribution is -2.06. The van der Waals surface area contributed by atoms with Crippen LogP contribution < -0.4 is 0 Å². The largest absolute Gasteiger partial charge is 0.461 e. The molecule has 17 heavy (non-hydrogen) atoms. The van der Waals surface area contributed by atoms with E-state index in [-0.39, 0.29) is 5.97 Å². The van der Waals surface area contributed by atoms with Crippen molar-refractivity contribution < 1.29 is 9.53 Å². The topological polar surface area (TPSA) is 42.1 Å². The number of fused-ring (bicyclic) bond motifs is 1. The number of esters is 1. The van der Waals surface area contributed by atoms with Crippen molar-refractivity contribution in [2.45, 2.75) is 27.7 Å². The molecule has 0 aliphatic heterocycles. The van der Waals surface area contributed by atoms with Crippen LogP contribution in [0.5, 0.6) is 0 Å². The van der Waals surface area contributed by atoms with Crippen LogP contribution in [0.3, 0.4) is 0 Å². The molecule has 2 aromatic rings. The fraction of sp³-hybridized carbons (Fsp3) is 0.357. The van der Waals surface area contributed by atoms with Crippen LogP contribution in [0.1, 0.15) is 36.8 Å². The van der Waals surface area contributed by atoms with Gasteiger partial charge in [-0.2, -0.15) is 0 Å². The third-order valence-electron chi connectivity index (χ3n) is 2.45. The van der Waals surface area contributed by atoms with E-state index >= 15 is 0 Å². The molecule has 92 valence electrons. The number of benzene rings is 1. The van der Waals surface area contributed by atoms with Gasteiger partial charge in [0, 0.05) is 10.9 Å². The monoisotopic (exact) mass is 233 g/mol. The lowest BCUT2D eigenvalue weighted by Gasteiger charge is -1.99. The Morgan fingerprint density at radius 2 is 1.94 bits per heavy atom. The van der Waals surface area contributed by atoms with Crippen LogP contribution in [0.25, 0.3) is 10.9 Å². The van der Waals surface area contributed by atoms with Crippen molar-refractivity contribution in [1.82, 2.24) is 4.98 Å². The number of rotatable bonds is 2. The van der Waals surface area contributed by atoms with Gasteiger partial charge in [0.2, 0.25) is 0 Å². The summed E-state index contributed by atoms with van der Waals surface area (Å²) in [7, 11) is 0. The summed E-state index contributed by atoms with van der Waals surface area (Å²) < 4.78 is 4.97. The zero-order chi connectivity index (χ0) is 12.8. The van der Waals surface area contributed by atoms with E-state index in [0.29, 0.717) is 12.3 Å². The number of hydrogen-bond acceptors (Lipinski definition) is 2. The Labute approximate surface area is 102 Å². The van der Waals surface area contributed by atoms with Crippen LogP contribution in [0.15, 0.2) is 24.3 Å². The molecule has 0 atom stereocenters. The van der Waals surface area contributed by atoms with Crippen molar-refractivity contribution in [3.63, 3.8) is 0 Å². The van der Waals surface area contributed by atoms with Crippen molar-refractivity contribution in [2.24, 2.45) is 0 Å². The van der Waals surface area contributed by atoms with E-state index in [4.69, 9.17) is 4.74 Å². The molecule has 3 nitrogen and oxygen atoms in total. The molecule has 0 amide bonds. The van der Waals surface area contributed by atoms with Gasteiger partial charge >= 0.3 is 5.97 Å². The van der Waals surface area contributed by atoms with Gasteiger partial charge in [0.25, 0.3) is 0 Å². The van der Waals surface area contributed by atoms with Crippen LogP contribution in [0.4, 0.5) is 0 Å². The summed E-state index contributed by atoms with van der Waals surface area (Å²) in [5, 5.41) is 1.07. The second kappa shape index (κ2) is 6.09. The summed E-state index contributed by atoms with van der Waals surface area (Å²) in [6.07, 6.45) is 0. The van der Waals surface area contributed by atoms with Gasteiger partial charge < -0.3 is 9.72 Å². The lowest BCUT2D eigenvalue weighted by atomic mass is 10.1. The standard InChI is InChI=1S/C12H13NO2.C2H6/c1-3-15-12(14)11-8(2)9-6-4-5-7-10(9)13-11;1-2/h4-7,13H,3H2,1-2H3;1-2H3. The Balaban J connectivity index is 0.000000686. The fourth-order valence-electron chi connectivity index (χ4n) is 1.69. The van der Waals surface area contributed by atoms with Gasteiger partial charge in [-0.15, -0.1) is 0 Å². The van der Waals surface area contributed by atoms with Crippen LogP contribution in [0, 0.1) is 6.92 Å². The highest BCUT2D eigenvalue weighted by Gasteiger charge is 2.14. The number of aromatic amines is 1. The molecule has 0 aliphatic rings. The van der Waals surface area contributed by atoms with Gasteiger partial charge in [-0.1, -0.05) is 32.0 Å². The summed E-state index contributed by atoms with van der Waals surface area (Å²) in [5.41, 5.74) is 2.47.